The van der Waals surface area contributed by atoms with Crippen LogP contribution in [-0.2, 0) is 5.60 Å². The number of hydrogen-bond acceptors (Lipinski definition) is 1. The Hall–Kier alpha value is -3.85. The highest BCUT2D eigenvalue weighted by atomic mass is 35.5. The summed E-state index contributed by atoms with van der Waals surface area (Å²) in [6.45, 7) is 0. The Morgan fingerprint density at radius 3 is 1.65 bits per heavy atom. The van der Waals surface area contributed by atoms with Gasteiger partial charge in [-0.3, -0.25) is 0 Å². The average Bonchev–Trinajstić information content (AvgIpc) is 3.35. The SMILES string of the molecule is OC1(c2ccc(Cl)cc2-n2c3ccccc3c3ccccc32)c2ccccc2-c2ccccc21. The predicted molar refractivity (Wildman–Crippen MR) is 140 cm³/mol. The van der Waals surface area contributed by atoms with Crippen molar-refractivity contribution in [2.75, 3.05) is 0 Å². The molecule has 0 fully saturated rings. The molecule has 34 heavy (non-hydrogen) atoms. The fourth-order valence-corrected chi connectivity index (χ4v) is 5.85. The zero-order chi connectivity index (χ0) is 22.9. The number of hydrogen-bond donors (Lipinski definition) is 1. The van der Waals surface area contributed by atoms with E-state index < -0.39 is 5.60 Å². The second-order valence-electron chi connectivity index (χ2n) is 8.83. The zero-order valence-electron chi connectivity index (χ0n) is 18.2. The molecule has 0 atom stereocenters. The number of benzene rings is 5. The Morgan fingerprint density at radius 2 is 1.06 bits per heavy atom. The maximum absolute atomic E-state index is 12.6. The van der Waals surface area contributed by atoms with E-state index in [1.165, 1.54) is 10.8 Å². The van der Waals surface area contributed by atoms with E-state index in [0.717, 1.165) is 44.5 Å². The summed E-state index contributed by atoms with van der Waals surface area (Å²) in [6, 6.07) is 38.8. The molecule has 2 nitrogen and oxygen atoms in total. The van der Waals surface area contributed by atoms with Crippen molar-refractivity contribution in [2.45, 2.75) is 5.60 Å². The standard InChI is InChI=1S/C31H20ClNO/c32-20-17-18-27(31(34)25-13-5-1-9-21(25)22-10-2-6-14-26(22)31)30(19-20)33-28-15-7-3-11-23(28)24-12-4-8-16-29(24)33/h1-19,34H. The summed E-state index contributed by atoms with van der Waals surface area (Å²) < 4.78 is 2.23. The highest BCUT2D eigenvalue weighted by Crippen LogP contribution is 2.52. The van der Waals surface area contributed by atoms with Gasteiger partial charge in [0.2, 0.25) is 0 Å². The molecule has 0 radical (unpaired) electrons. The van der Waals surface area contributed by atoms with E-state index in [1.807, 2.05) is 54.6 Å². The summed E-state index contributed by atoms with van der Waals surface area (Å²) in [5.41, 5.74) is 6.43. The van der Waals surface area contributed by atoms with E-state index >= 15 is 0 Å². The maximum Gasteiger partial charge on any atom is 0.143 e. The van der Waals surface area contributed by atoms with Gasteiger partial charge in [0.05, 0.1) is 16.7 Å². The van der Waals surface area contributed by atoms with Gasteiger partial charge in [-0.25, -0.2) is 0 Å². The number of aromatic nitrogens is 1. The average molecular weight is 458 g/mol. The first-order valence-electron chi connectivity index (χ1n) is 11.4. The predicted octanol–water partition coefficient (Wildman–Crippen LogP) is 7.70. The van der Waals surface area contributed by atoms with Crippen LogP contribution >= 0.6 is 11.6 Å². The van der Waals surface area contributed by atoms with E-state index in [0.29, 0.717) is 5.02 Å². The molecule has 1 N–H and O–H groups in total. The van der Waals surface area contributed by atoms with Crippen LogP contribution in [0.4, 0.5) is 0 Å². The Kier molecular flexibility index (Phi) is 4.08. The van der Waals surface area contributed by atoms with E-state index in [4.69, 9.17) is 11.6 Å². The first kappa shape index (κ1) is 19.6. The first-order valence-corrected chi connectivity index (χ1v) is 11.8. The van der Waals surface area contributed by atoms with E-state index in [2.05, 4.69) is 65.2 Å². The van der Waals surface area contributed by atoms with Gasteiger partial charge in [0.15, 0.2) is 0 Å². The van der Waals surface area contributed by atoms with Crippen LogP contribution in [0.2, 0.25) is 5.02 Å². The third kappa shape index (κ3) is 2.50. The lowest BCUT2D eigenvalue weighted by molar-refractivity contribution is 0.130. The van der Waals surface area contributed by atoms with Crippen molar-refractivity contribution in [1.29, 1.82) is 0 Å². The molecule has 6 aromatic rings. The Labute approximate surface area is 202 Å². The van der Waals surface area contributed by atoms with Gasteiger partial charge in [-0.2, -0.15) is 0 Å². The molecule has 0 unspecified atom stereocenters. The molecule has 0 aliphatic heterocycles. The minimum atomic E-state index is -1.31. The first-order chi connectivity index (χ1) is 16.7. The second kappa shape index (κ2) is 7.07. The second-order valence-corrected chi connectivity index (χ2v) is 9.27. The van der Waals surface area contributed by atoms with Gasteiger partial charge in [0.25, 0.3) is 0 Å². The molecule has 0 saturated heterocycles. The minimum absolute atomic E-state index is 0.628. The van der Waals surface area contributed by atoms with Gasteiger partial charge < -0.3 is 9.67 Å². The Morgan fingerprint density at radius 1 is 0.559 bits per heavy atom. The van der Waals surface area contributed by atoms with E-state index in [9.17, 15) is 5.11 Å². The van der Waals surface area contributed by atoms with Gasteiger partial charge in [0, 0.05) is 32.5 Å². The molecule has 162 valence electrons. The molecule has 5 aromatic carbocycles. The lowest BCUT2D eigenvalue weighted by Gasteiger charge is -2.29. The van der Waals surface area contributed by atoms with Crippen LogP contribution in [0.1, 0.15) is 16.7 Å². The van der Waals surface area contributed by atoms with Crippen LogP contribution in [0.3, 0.4) is 0 Å². The van der Waals surface area contributed by atoms with Crippen molar-refractivity contribution >= 4 is 33.4 Å². The largest absolute Gasteiger partial charge is 0.376 e. The summed E-state index contributed by atoms with van der Waals surface area (Å²) in [4.78, 5) is 0. The number of halogens is 1. The third-order valence-electron chi connectivity index (χ3n) is 7.09. The van der Waals surface area contributed by atoms with Crippen LogP contribution < -0.4 is 0 Å². The van der Waals surface area contributed by atoms with E-state index in [1.54, 1.807) is 0 Å². The van der Waals surface area contributed by atoms with Crippen molar-refractivity contribution in [3.63, 3.8) is 0 Å². The molecular weight excluding hydrogens is 438 g/mol. The Bertz CT molecular complexity index is 1650. The summed E-state index contributed by atoms with van der Waals surface area (Å²) in [5, 5.41) is 15.6. The van der Waals surface area contributed by atoms with Crippen LogP contribution in [0.15, 0.2) is 115 Å². The number of rotatable bonds is 2. The highest BCUT2D eigenvalue weighted by molar-refractivity contribution is 6.30. The fourth-order valence-electron chi connectivity index (χ4n) is 5.68. The van der Waals surface area contributed by atoms with Crippen LogP contribution in [0.5, 0.6) is 0 Å². The van der Waals surface area contributed by atoms with Gasteiger partial charge in [-0.1, -0.05) is 103 Å². The molecule has 3 heteroatoms. The number of nitrogens with zero attached hydrogens (tertiary/aromatic N) is 1. The van der Waals surface area contributed by atoms with Gasteiger partial charge in [0.1, 0.15) is 5.60 Å². The van der Waals surface area contributed by atoms with Gasteiger partial charge >= 0.3 is 0 Å². The monoisotopic (exact) mass is 457 g/mol. The summed E-state index contributed by atoms with van der Waals surface area (Å²) in [5.74, 6) is 0. The van der Waals surface area contributed by atoms with Crippen molar-refractivity contribution in [1.82, 2.24) is 4.57 Å². The normalized spacial score (nSPS) is 13.8. The smallest absolute Gasteiger partial charge is 0.143 e. The topological polar surface area (TPSA) is 25.2 Å². The number of para-hydroxylation sites is 2. The zero-order valence-corrected chi connectivity index (χ0v) is 19.0. The lowest BCUT2D eigenvalue weighted by Crippen LogP contribution is -2.28. The third-order valence-corrected chi connectivity index (χ3v) is 7.33. The maximum atomic E-state index is 12.6. The lowest BCUT2D eigenvalue weighted by atomic mass is 9.83. The molecule has 7 rings (SSSR count). The number of aliphatic hydroxyl groups is 1. The number of fused-ring (bicyclic) bond motifs is 6. The molecule has 1 heterocycles. The molecule has 0 amide bonds. The van der Waals surface area contributed by atoms with Crippen molar-refractivity contribution < 1.29 is 5.11 Å². The summed E-state index contributed by atoms with van der Waals surface area (Å²) >= 11 is 6.59. The molecule has 0 spiro atoms. The molecular formula is C31H20ClNO. The summed E-state index contributed by atoms with van der Waals surface area (Å²) in [7, 11) is 0. The fraction of sp³-hybridized carbons (Fsp3) is 0.0323. The van der Waals surface area contributed by atoms with Crippen molar-refractivity contribution in [3.8, 4) is 16.8 Å². The minimum Gasteiger partial charge on any atom is -0.376 e. The highest BCUT2D eigenvalue weighted by Gasteiger charge is 2.44. The molecule has 1 aromatic heterocycles. The van der Waals surface area contributed by atoms with Crippen LogP contribution in [-0.4, -0.2) is 9.67 Å². The molecule has 0 bridgehead atoms. The van der Waals surface area contributed by atoms with E-state index in [-0.39, 0.29) is 0 Å². The molecule has 1 aliphatic rings. The van der Waals surface area contributed by atoms with Crippen LogP contribution in [0.25, 0.3) is 38.6 Å². The summed E-state index contributed by atoms with van der Waals surface area (Å²) in [6.07, 6.45) is 0. The van der Waals surface area contributed by atoms with Crippen molar-refractivity contribution in [2.24, 2.45) is 0 Å². The van der Waals surface area contributed by atoms with Gasteiger partial charge in [-0.15, -0.1) is 0 Å². The van der Waals surface area contributed by atoms with Crippen LogP contribution in [0, 0.1) is 0 Å². The molecule has 0 saturated carbocycles. The van der Waals surface area contributed by atoms with Crippen molar-refractivity contribution in [3.05, 3.63) is 137 Å². The molecule has 1 aliphatic carbocycles. The van der Waals surface area contributed by atoms with Gasteiger partial charge in [-0.05, 0) is 35.4 Å². The Balaban J connectivity index is 1.63. The quantitative estimate of drug-likeness (QED) is 0.283.